The zero-order valence-corrected chi connectivity index (χ0v) is 19.4. The highest BCUT2D eigenvalue weighted by molar-refractivity contribution is 6.28. The lowest BCUT2D eigenvalue weighted by molar-refractivity contribution is -0.132. The Hall–Kier alpha value is -2.22. The molecule has 8 nitrogen and oxygen atoms in total. The van der Waals surface area contributed by atoms with Crippen LogP contribution in [0.4, 0.5) is 5.82 Å². The third kappa shape index (κ3) is 5.00. The van der Waals surface area contributed by atoms with E-state index in [0.717, 1.165) is 25.8 Å². The second-order valence-corrected chi connectivity index (χ2v) is 10.5. The molecule has 1 N–H and O–H groups in total. The van der Waals surface area contributed by atoms with Crippen LogP contribution in [0.2, 0.25) is 5.28 Å². The maximum absolute atomic E-state index is 13.3. The molecule has 0 aromatic carbocycles. The number of aromatic nitrogens is 4. The highest BCUT2D eigenvalue weighted by Crippen LogP contribution is 2.39. The SMILES string of the molecule is C[C@@H](C1CC1)n1c(=O)c(NC[C@H]2CCN(C(=O)CC(C)(C)C)C2)nc2cnc(Cl)nc21. The molecule has 31 heavy (non-hydrogen) atoms. The number of likely N-dealkylation sites (tertiary alicyclic amines) is 1. The number of amides is 1. The fraction of sp³-hybridized carbons (Fsp3) is 0.682. The molecule has 0 spiro atoms. The van der Waals surface area contributed by atoms with Crippen LogP contribution in [0.15, 0.2) is 11.0 Å². The molecule has 0 bridgehead atoms. The predicted octanol–water partition coefficient (Wildman–Crippen LogP) is 3.51. The van der Waals surface area contributed by atoms with Gasteiger partial charge in [-0.05, 0) is 55.0 Å². The molecule has 2 atom stereocenters. The minimum absolute atomic E-state index is 0.0171. The van der Waals surface area contributed by atoms with E-state index < -0.39 is 0 Å². The van der Waals surface area contributed by atoms with Crippen molar-refractivity contribution in [1.82, 2.24) is 24.4 Å². The topological polar surface area (TPSA) is 93.0 Å². The van der Waals surface area contributed by atoms with E-state index in [1.165, 1.54) is 0 Å². The Morgan fingerprint density at radius 2 is 2.03 bits per heavy atom. The van der Waals surface area contributed by atoms with Gasteiger partial charge in [0.2, 0.25) is 11.2 Å². The molecule has 9 heteroatoms. The summed E-state index contributed by atoms with van der Waals surface area (Å²) in [7, 11) is 0. The largest absolute Gasteiger partial charge is 0.365 e. The number of hydrogen-bond acceptors (Lipinski definition) is 6. The van der Waals surface area contributed by atoms with Gasteiger partial charge in [-0.15, -0.1) is 0 Å². The van der Waals surface area contributed by atoms with E-state index in [9.17, 15) is 9.59 Å². The van der Waals surface area contributed by atoms with Crippen molar-refractivity contribution in [2.45, 2.75) is 59.4 Å². The molecule has 1 saturated carbocycles. The molecule has 1 aliphatic carbocycles. The first-order chi connectivity index (χ1) is 14.6. The first kappa shape index (κ1) is 22.0. The molecule has 2 aromatic rings. The normalized spacial score (nSPS) is 20.3. The summed E-state index contributed by atoms with van der Waals surface area (Å²) in [6.07, 6.45) is 5.25. The van der Waals surface area contributed by atoms with Crippen molar-refractivity contribution in [3.05, 3.63) is 21.8 Å². The van der Waals surface area contributed by atoms with Gasteiger partial charge < -0.3 is 10.2 Å². The average molecular weight is 447 g/mol. The zero-order valence-electron chi connectivity index (χ0n) is 18.7. The van der Waals surface area contributed by atoms with Crippen molar-refractivity contribution in [3.63, 3.8) is 0 Å². The maximum Gasteiger partial charge on any atom is 0.295 e. The highest BCUT2D eigenvalue weighted by Gasteiger charge is 2.32. The summed E-state index contributed by atoms with van der Waals surface area (Å²) in [4.78, 5) is 40.5. The van der Waals surface area contributed by atoms with E-state index in [2.05, 4.69) is 41.0 Å². The number of nitrogens with one attached hydrogen (secondary N) is 1. The molecule has 1 amide bonds. The number of anilines is 1. The number of carbonyl (C=O) groups is 1. The third-order valence-corrected chi connectivity index (χ3v) is 6.37. The Morgan fingerprint density at radius 3 is 2.71 bits per heavy atom. The molecule has 2 fully saturated rings. The highest BCUT2D eigenvalue weighted by atomic mass is 35.5. The van der Waals surface area contributed by atoms with E-state index in [1.807, 2.05) is 11.8 Å². The molecule has 3 heterocycles. The van der Waals surface area contributed by atoms with Gasteiger partial charge in [-0.25, -0.2) is 9.97 Å². The Bertz CT molecular complexity index is 1040. The van der Waals surface area contributed by atoms with Crippen molar-refractivity contribution < 1.29 is 4.79 Å². The fourth-order valence-electron chi connectivity index (χ4n) is 4.30. The monoisotopic (exact) mass is 446 g/mol. The second kappa shape index (κ2) is 8.37. The zero-order chi connectivity index (χ0) is 22.3. The molecule has 168 valence electrons. The van der Waals surface area contributed by atoms with Crippen LogP contribution < -0.4 is 10.9 Å². The summed E-state index contributed by atoms with van der Waals surface area (Å²) in [6.45, 7) is 10.4. The number of fused-ring (bicyclic) bond motifs is 1. The molecule has 2 aromatic heterocycles. The van der Waals surface area contributed by atoms with Gasteiger partial charge in [-0.2, -0.15) is 4.98 Å². The first-order valence-corrected chi connectivity index (χ1v) is 11.5. The van der Waals surface area contributed by atoms with Crippen LogP contribution in [0.25, 0.3) is 11.2 Å². The van der Waals surface area contributed by atoms with Crippen LogP contribution in [0.1, 0.15) is 59.4 Å². The smallest absolute Gasteiger partial charge is 0.295 e. The molecule has 1 aliphatic heterocycles. The number of nitrogens with zero attached hydrogens (tertiary/aromatic N) is 5. The number of hydrogen-bond donors (Lipinski definition) is 1. The van der Waals surface area contributed by atoms with Crippen molar-refractivity contribution in [1.29, 1.82) is 0 Å². The van der Waals surface area contributed by atoms with Crippen LogP contribution in [-0.4, -0.2) is 50.0 Å². The Kier molecular flexibility index (Phi) is 5.94. The molecule has 1 saturated heterocycles. The first-order valence-electron chi connectivity index (χ1n) is 11.1. The summed E-state index contributed by atoms with van der Waals surface area (Å²) in [5.41, 5.74) is 0.832. The quantitative estimate of drug-likeness (QED) is 0.682. The summed E-state index contributed by atoms with van der Waals surface area (Å²) in [5.74, 6) is 1.28. The number of rotatable bonds is 6. The number of halogens is 1. The van der Waals surface area contributed by atoms with Gasteiger partial charge in [0.05, 0.1) is 6.20 Å². The van der Waals surface area contributed by atoms with Gasteiger partial charge in [0.15, 0.2) is 11.5 Å². The van der Waals surface area contributed by atoms with E-state index >= 15 is 0 Å². The standard InChI is InChI=1S/C22H31ClN6O2/c1-13(15-5-6-15)29-19-16(11-25-21(23)27-19)26-18(20(29)31)24-10-14-7-8-28(12-14)17(30)9-22(2,3)4/h11,13-15H,5-10,12H2,1-4H3,(H,24,26)/t13-,14+/m0/s1. The Labute approximate surface area is 187 Å². The van der Waals surface area contributed by atoms with Gasteiger partial charge in [-0.3, -0.25) is 14.2 Å². The van der Waals surface area contributed by atoms with Gasteiger partial charge in [0.25, 0.3) is 5.56 Å². The predicted molar refractivity (Wildman–Crippen MR) is 121 cm³/mol. The molecular formula is C22H31ClN6O2. The average Bonchev–Trinajstić information content (AvgIpc) is 3.42. The minimum atomic E-state index is -0.180. The van der Waals surface area contributed by atoms with Crippen LogP contribution in [0, 0.1) is 17.3 Å². The van der Waals surface area contributed by atoms with Crippen molar-refractivity contribution in [2.24, 2.45) is 17.3 Å². The van der Waals surface area contributed by atoms with Crippen LogP contribution in [-0.2, 0) is 4.79 Å². The van der Waals surface area contributed by atoms with Crippen LogP contribution in [0.3, 0.4) is 0 Å². The van der Waals surface area contributed by atoms with Crippen molar-refractivity contribution in [2.75, 3.05) is 25.0 Å². The van der Waals surface area contributed by atoms with Crippen molar-refractivity contribution in [3.8, 4) is 0 Å². The van der Waals surface area contributed by atoms with Gasteiger partial charge in [-0.1, -0.05) is 20.8 Å². The van der Waals surface area contributed by atoms with Gasteiger partial charge >= 0.3 is 0 Å². The van der Waals surface area contributed by atoms with Crippen LogP contribution >= 0.6 is 11.6 Å². The van der Waals surface area contributed by atoms with Gasteiger partial charge in [0.1, 0.15) is 5.52 Å². The van der Waals surface area contributed by atoms with Gasteiger partial charge in [0, 0.05) is 32.1 Å². The summed E-state index contributed by atoms with van der Waals surface area (Å²) < 4.78 is 1.71. The lowest BCUT2D eigenvalue weighted by atomic mass is 9.92. The molecule has 0 unspecified atom stereocenters. The molecule has 4 rings (SSSR count). The van der Waals surface area contributed by atoms with Crippen molar-refractivity contribution >= 4 is 34.5 Å². The fourth-order valence-corrected chi connectivity index (χ4v) is 4.42. The summed E-state index contributed by atoms with van der Waals surface area (Å²) >= 11 is 6.00. The molecular weight excluding hydrogens is 416 g/mol. The second-order valence-electron chi connectivity index (χ2n) is 10.2. The van der Waals surface area contributed by atoms with E-state index in [1.54, 1.807) is 10.8 Å². The summed E-state index contributed by atoms with van der Waals surface area (Å²) in [5, 5.41) is 3.36. The number of carbonyl (C=O) groups excluding carboxylic acids is 1. The Balaban J connectivity index is 1.50. The maximum atomic E-state index is 13.3. The summed E-state index contributed by atoms with van der Waals surface area (Å²) in [6, 6.07) is 0.0292. The van der Waals surface area contributed by atoms with E-state index in [-0.39, 0.29) is 34.1 Å². The Morgan fingerprint density at radius 1 is 1.29 bits per heavy atom. The lowest BCUT2D eigenvalue weighted by Crippen LogP contribution is -2.33. The molecule has 2 aliphatic rings. The minimum Gasteiger partial charge on any atom is -0.365 e. The van der Waals surface area contributed by atoms with E-state index in [0.29, 0.717) is 42.4 Å². The lowest BCUT2D eigenvalue weighted by Gasteiger charge is -2.23. The van der Waals surface area contributed by atoms with Crippen LogP contribution in [0.5, 0.6) is 0 Å². The third-order valence-electron chi connectivity index (χ3n) is 6.19. The molecule has 0 radical (unpaired) electrons. The van der Waals surface area contributed by atoms with E-state index in [4.69, 9.17) is 11.6 Å².